The van der Waals surface area contributed by atoms with E-state index in [4.69, 9.17) is 9.47 Å². The van der Waals surface area contributed by atoms with Crippen LogP contribution in [0.4, 0.5) is 0 Å². The highest BCUT2D eigenvalue weighted by molar-refractivity contribution is 5.98. The van der Waals surface area contributed by atoms with Crippen molar-refractivity contribution in [1.29, 1.82) is 0 Å². The molecule has 0 bridgehead atoms. The number of benzene rings is 1. The fraction of sp³-hybridized carbons (Fsp3) is 0.500. The third kappa shape index (κ3) is 3.43. The van der Waals surface area contributed by atoms with Crippen LogP contribution in [0.5, 0.6) is 0 Å². The molecule has 1 aliphatic carbocycles. The first-order valence-electron chi connectivity index (χ1n) is 11.8. The van der Waals surface area contributed by atoms with Gasteiger partial charge in [0.05, 0.1) is 25.8 Å². The summed E-state index contributed by atoms with van der Waals surface area (Å²) in [6.45, 7) is 2.85. The molecule has 0 amide bonds. The van der Waals surface area contributed by atoms with E-state index < -0.39 is 23.8 Å². The van der Waals surface area contributed by atoms with Gasteiger partial charge < -0.3 is 19.6 Å². The first kappa shape index (κ1) is 22.7. The molecule has 1 saturated heterocycles. The van der Waals surface area contributed by atoms with E-state index in [1.165, 1.54) is 32.1 Å². The van der Waals surface area contributed by atoms with Gasteiger partial charge in [0.25, 0.3) is 0 Å². The van der Waals surface area contributed by atoms with Gasteiger partial charge in [0, 0.05) is 42.0 Å². The Balaban J connectivity index is 1.58. The topological polar surface area (TPSA) is 109 Å². The minimum absolute atomic E-state index is 0.0394. The number of Topliss-reactive ketones (excluding diaryl/α,β-unsaturated/α-hetero) is 1. The van der Waals surface area contributed by atoms with Crippen molar-refractivity contribution in [1.82, 2.24) is 9.88 Å². The molecular formula is C26H30N2O6. The van der Waals surface area contributed by atoms with Gasteiger partial charge in [-0.1, -0.05) is 18.2 Å². The van der Waals surface area contributed by atoms with E-state index in [1.54, 1.807) is 0 Å². The Labute approximate surface area is 197 Å². The summed E-state index contributed by atoms with van der Waals surface area (Å²) in [6, 6.07) is 8.28. The Hall–Kier alpha value is -3.13. The summed E-state index contributed by atoms with van der Waals surface area (Å²) in [5, 5.41) is 12.2. The highest BCUT2D eigenvalue weighted by Crippen LogP contribution is 2.52. The number of methoxy groups -OCH3 is 2. The highest BCUT2D eigenvalue weighted by atomic mass is 16.5. The lowest BCUT2D eigenvalue weighted by molar-refractivity contribution is -0.154. The highest BCUT2D eigenvalue weighted by Gasteiger charge is 2.52. The Morgan fingerprint density at radius 1 is 1.18 bits per heavy atom. The van der Waals surface area contributed by atoms with E-state index in [0.717, 1.165) is 24.2 Å². The molecule has 3 heterocycles. The van der Waals surface area contributed by atoms with Crippen LogP contribution in [0.25, 0.3) is 10.9 Å². The number of nitrogens with zero attached hydrogens (tertiary/aromatic N) is 1. The van der Waals surface area contributed by atoms with Gasteiger partial charge in [-0.3, -0.25) is 14.5 Å². The number of rotatable bonds is 4. The van der Waals surface area contributed by atoms with E-state index in [0.29, 0.717) is 13.0 Å². The number of piperidine rings is 1. The number of hydrogen-bond acceptors (Lipinski definition) is 7. The molecule has 8 nitrogen and oxygen atoms in total. The van der Waals surface area contributed by atoms with Gasteiger partial charge in [-0.15, -0.1) is 0 Å². The Kier molecular flexibility index (Phi) is 5.72. The second-order valence-corrected chi connectivity index (χ2v) is 9.66. The lowest BCUT2D eigenvalue weighted by Gasteiger charge is -2.51. The van der Waals surface area contributed by atoms with Crippen LogP contribution in [0, 0.1) is 23.7 Å². The molecule has 2 aromatic rings. The van der Waals surface area contributed by atoms with E-state index in [-0.39, 0.29) is 41.4 Å². The Morgan fingerprint density at radius 3 is 2.65 bits per heavy atom. The number of nitrogens with one attached hydrogen (secondary N) is 1. The molecule has 1 unspecified atom stereocenters. The summed E-state index contributed by atoms with van der Waals surface area (Å²) in [7, 11) is 2.58. The average molecular weight is 467 g/mol. The van der Waals surface area contributed by atoms with Crippen LogP contribution in [-0.2, 0) is 30.3 Å². The van der Waals surface area contributed by atoms with Crippen LogP contribution in [0.2, 0.25) is 0 Å². The molecule has 180 valence electrons. The minimum atomic E-state index is -0.983. The zero-order valence-electron chi connectivity index (χ0n) is 19.7. The molecule has 2 N–H and O–H groups in total. The minimum Gasteiger partial charge on any atom is -0.512 e. The predicted molar refractivity (Wildman–Crippen MR) is 124 cm³/mol. The van der Waals surface area contributed by atoms with Crippen LogP contribution in [0.3, 0.4) is 0 Å². The van der Waals surface area contributed by atoms with Crippen molar-refractivity contribution in [2.75, 3.05) is 27.3 Å². The molecule has 0 radical (unpaired) electrons. The molecule has 5 atom stereocenters. The number of carbonyl (C=O) groups is 3. The van der Waals surface area contributed by atoms with Crippen molar-refractivity contribution < 1.29 is 29.0 Å². The maximum Gasteiger partial charge on any atom is 0.337 e. The fourth-order valence-electron chi connectivity index (χ4n) is 6.64. The summed E-state index contributed by atoms with van der Waals surface area (Å²) in [5.74, 6) is -3.46. The monoisotopic (exact) mass is 466 g/mol. The molecule has 1 aromatic heterocycles. The second kappa shape index (κ2) is 8.58. The zero-order valence-corrected chi connectivity index (χ0v) is 19.7. The molecular weight excluding hydrogens is 436 g/mol. The van der Waals surface area contributed by atoms with Crippen molar-refractivity contribution in [2.45, 2.75) is 32.2 Å². The molecule has 0 saturated carbocycles. The quantitative estimate of drug-likeness (QED) is 0.526. The normalized spacial score (nSPS) is 27.4. The number of fused-ring (bicyclic) bond motifs is 6. The van der Waals surface area contributed by atoms with Gasteiger partial charge in [0.1, 0.15) is 17.5 Å². The van der Waals surface area contributed by atoms with Crippen LogP contribution in [0.1, 0.15) is 37.1 Å². The van der Waals surface area contributed by atoms with Crippen LogP contribution >= 0.6 is 0 Å². The smallest absolute Gasteiger partial charge is 0.337 e. The van der Waals surface area contributed by atoms with Crippen LogP contribution in [0.15, 0.2) is 35.6 Å². The summed E-state index contributed by atoms with van der Waals surface area (Å²) < 4.78 is 9.99. The number of aliphatic hydroxyl groups is 1. The molecule has 3 aliphatic rings. The molecule has 8 heteroatoms. The summed E-state index contributed by atoms with van der Waals surface area (Å²) in [6.07, 6.45) is 1.55. The second-order valence-electron chi connectivity index (χ2n) is 9.66. The zero-order chi connectivity index (χ0) is 24.1. The molecule has 5 rings (SSSR count). The van der Waals surface area contributed by atoms with Gasteiger partial charge in [0.15, 0.2) is 0 Å². The van der Waals surface area contributed by atoms with Gasteiger partial charge >= 0.3 is 11.9 Å². The predicted octanol–water partition coefficient (Wildman–Crippen LogP) is 3.09. The summed E-state index contributed by atoms with van der Waals surface area (Å²) in [4.78, 5) is 43.9. The summed E-state index contributed by atoms with van der Waals surface area (Å²) >= 11 is 0. The molecule has 0 spiro atoms. The van der Waals surface area contributed by atoms with E-state index in [9.17, 15) is 19.5 Å². The van der Waals surface area contributed by atoms with Crippen molar-refractivity contribution in [3.05, 3.63) is 46.9 Å². The molecule has 34 heavy (non-hydrogen) atoms. The van der Waals surface area contributed by atoms with E-state index >= 15 is 0 Å². The Morgan fingerprint density at radius 2 is 1.94 bits per heavy atom. The molecule has 1 aromatic carbocycles. The number of H-pyrrole nitrogens is 1. The number of esters is 2. The number of aromatic nitrogens is 1. The maximum absolute atomic E-state index is 12.8. The largest absolute Gasteiger partial charge is 0.512 e. The fourth-order valence-corrected chi connectivity index (χ4v) is 6.64. The summed E-state index contributed by atoms with van der Waals surface area (Å²) in [5.41, 5.74) is 3.81. The van der Waals surface area contributed by atoms with Crippen molar-refractivity contribution in [3.63, 3.8) is 0 Å². The van der Waals surface area contributed by atoms with E-state index in [1.807, 2.05) is 12.1 Å². The number of aliphatic hydroxyl groups excluding tert-OH is 1. The number of hydrogen-bond donors (Lipinski definition) is 2. The number of allylic oxidation sites excluding steroid dienone is 1. The number of para-hydroxylation sites is 1. The standard InChI is InChI=1S/C26H30N2O6/c1-13(29)22(25(31)33-2)17-11-21(30)23(26(32)34-3)16-10-20-24-15(8-9-28(20)12-18(16)17)14-6-4-5-7-19(14)27-24/h4-7,16-18,20,22,27,30H,8-12H2,1-3H3/t16-,17+,18+,20-,22?/m0/s1. The van der Waals surface area contributed by atoms with Crippen molar-refractivity contribution >= 4 is 28.6 Å². The number of ketones is 1. The maximum atomic E-state index is 12.8. The third-order valence-corrected chi connectivity index (χ3v) is 8.10. The number of ether oxygens (including phenoxy) is 2. The first-order chi connectivity index (χ1) is 16.3. The Bertz CT molecular complexity index is 1200. The lowest BCUT2D eigenvalue weighted by Crippen LogP contribution is -2.53. The molecule has 1 fully saturated rings. The third-order valence-electron chi connectivity index (χ3n) is 8.10. The average Bonchev–Trinajstić information content (AvgIpc) is 3.21. The molecule has 2 aliphatic heterocycles. The van der Waals surface area contributed by atoms with Gasteiger partial charge in [-0.2, -0.15) is 0 Å². The first-order valence-corrected chi connectivity index (χ1v) is 11.8. The van der Waals surface area contributed by atoms with E-state index in [2.05, 4.69) is 22.0 Å². The lowest BCUT2D eigenvalue weighted by atomic mass is 9.61. The van der Waals surface area contributed by atoms with Crippen LogP contribution < -0.4 is 0 Å². The van der Waals surface area contributed by atoms with Crippen molar-refractivity contribution in [2.24, 2.45) is 23.7 Å². The van der Waals surface area contributed by atoms with Crippen LogP contribution in [-0.4, -0.2) is 60.0 Å². The van der Waals surface area contributed by atoms with Gasteiger partial charge in [-0.05, 0) is 43.2 Å². The van der Waals surface area contributed by atoms with Gasteiger partial charge in [-0.25, -0.2) is 4.79 Å². The van der Waals surface area contributed by atoms with Crippen molar-refractivity contribution in [3.8, 4) is 0 Å². The number of aromatic amines is 1. The SMILES string of the molecule is COC(=O)C1=C(O)C[C@@H](C(C(C)=O)C(=O)OC)[C@@H]2CN3CCc4c([nH]c5ccccc45)[C@@H]3C[C@H]12. The van der Waals surface area contributed by atoms with Gasteiger partial charge in [0.2, 0.25) is 0 Å². The number of carbonyl (C=O) groups excluding carboxylic acids is 3.